The van der Waals surface area contributed by atoms with Crippen LogP contribution < -0.4 is 28.6 Å². The summed E-state index contributed by atoms with van der Waals surface area (Å²) < 4.78 is 77.5. The molecule has 0 fully saturated rings. The number of alkyl halides is 3. The van der Waals surface area contributed by atoms with Gasteiger partial charge in [0.05, 0.1) is 20.3 Å². The van der Waals surface area contributed by atoms with Crippen molar-refractivity contribution in [1.82, 2.24) is 10.2 Å². The van der Waals surface area contributed by atoms with Crippen molar-refractivity contribution < 1.29 is 46.3 Å². The molecule has 0 saturated heterocycles. The van der Waals surface area contributed by atoms with E-state index in [0.717, 1.165) is 22.0 Å². The number of benzene rings is 5. The number of likely N-dealkylation sites (N-methyl/N-ethyl adjacent to an activating group) is 1. The van der Waals surface area contributed by atoms with E-state index in [4.69, 9.17) is 25.8 Å². The lowest BCUT2D eigenvalue weighted by atomic mass is 9.81. The second-order valence-corrected chi connectivity index (χ2v) is 14.6. The average molecular weight is 808 g/mol. The van der Waals surface area contributed by atoms with Crippen molar-refractivity contribution in [2.45, 2.75) is 35.9 Å². The molecule has 0 bridgehead atoms. The molecule has 56 heavy (non-hydrogen) atoms. The lowest BCUT2D eigenvalue weighted by Gasteiger charge is -2.35. The van der Waals surface area contributed by atoms with Crippen LogP contribution in [0, 0.1) is 0 Å². The SMILES string of the molecule is COc1ccc([S+]([O-])N2C(=O)C(N[C@@H](Cc3ccc(OCc4ccccc4)cc3)C(=O)N(C)C)(c3ccccc3OC)c3cc(Cl)ccc32)c(OC(F)(F)F)c1. The first-order chi connectivity index (χ1) is 26.7. The first-order valence-electron chi connectivity index (χ1n) is 17.1. The summed E-state index contributed by atoms with van der Waals surface area (Å²) >= 11 is 3.92. The quantitative estimate of drug-likeness (QED) is 0.115. The molecule has 2 amide bonds. The van der Waals surface area contributed by atoms with Gasteiger partial charge in [-0.05, 0) is 60.0 Å². The summed E-state index contributed by atoms with van der Waals surface area (Å²) in [7, 11) is 5.80. The highest BCUT2D eigenvalue weighted by Crippen LogP contribution is 2.51. The second-order valence-electron chi connectivity index (χ2n) is 12.9. The van der Waals surface area contributed by atoms with Crippen molar-refractivity contribution in [1.29, 1.82) is 0 Å². The predicted molar refractivity (Wildman–Crippen MR) is 205 cm³/mol. The van der Waals surface area contributed by atoms with Gasteiger partial charge in [-0.15, -0.1) is 17.5 Å². The lowest BCUT2D eigenvalue weighted by Crippen LogP contribution is -2.59. The van der Waals surface area contributed by atoms with Gasteiger partial charge in [0, 0.05) is 42.4 Å². The van der Waals surface area contributed by atoms with E-state index in [1.807, 2.05) is 42.5 Å². The van der Waals surface area contributed by atoms with Gasteiger partial charge in [-0.25, -0.2) is 0 Å². The van der Waals surface area contributed by atoms with Gasteiger partial charge in [0.15, 0.2) is 11.3 Å². The third kappa shape index (κ3) is 8.38. The maximum absolute atomic E-state index is 15.4. The topological polar surface area (TPSA) is 113 Å². The first-order valence-corrected chi connectivity index (χ1v) is 18.6. The fourth-order valence-corrected chi connectivity index (χ4v) is 7.94. The van der Waals surface area contributed by atoms with Gasteiger partial charge in [0.2, 0.25) is 10.8 Å². The number of para-hydroxylation sites is 1. The van der Waals surface area contributed by atoms with Gasteiger partial charge in [-0.3, -0.25) is 14.9 Å². The van der Waals surface area contributed by atoms with Gasteiger partial charge in [-0.2, -0.15) is 0 Å². The van der Waals surface area contributed by atoms with Crippen molar-refractivity contribution in [2.24, 2.45) is 0 Å². The molecule has 0 spiro atoms. The molecule has 0 aliphatic carbocycles. The van der Waals surface area contributed by atoms with E-state index in [1.165, 1.54) is 43.4 Å². The molecule has 5 aromatic carbocycles. The number of rotatable bonds is 14. The molecule has 0 radical (unpaired) electrons. The summed E-state index contributed by atoms with van der Waals surface area (Å²) in [5, 5.41) is 3.53. The number of ether oxygens (including phenoxy) is 4. The highest BCUT2D eigenvalue weighted by Gasteiger charge is 2.59. The number of anilines is 1. The fraction of sp³-hybridized carbons (Fsp3) is 0.220. The standard InChI is InChI=1S/C41H37ClF3N3O7S/c1-47(2)38(49)33(22-26-14-17-29(18-15-26)54-25-27-10-6-5-7-11-27)46-40(31-12-8-9-13-35(31)53-4)32-23-28(42)16-20-34(32)48(39(40)50)56(51)37-21-19-30(52-3)24-36(37)55-41(43,44)45/h5-21,23-24,33,46H,22,25H2,1-4H3/t33-,40?,56?/m0/s1. The van der Waals surface area contributed by atoms with Crippen LogP contribution in [0.25, 0.3) is 0 Å². The number of amides is 2. The molecule has 0 aromatic heterocycles. The van der Waals surface area contributed by atoms with E-state index in [1.54, 1.807) is 50.5 Å². The summed E-state index contributed by atoms with van der Waals surface area (Å²) in [6, 6.07) is 30.1. The van der Waals surface area contributed by atoms with Crippen LogP contribution in [0.15, 0.2) is 120 Å². The van der Waals surface area contributed by atoms with Crippen LogP contribution in [0.2, 0.25) is 5.02 Å². The molecule has 2 unspecified atom stereocenters. The zero-order valence-corrected chi connectivity index (χ0v) is 32.2. The summed E-state index contributed by atoms with van der Waals surface area (Å²) in [5.74, 6) is -1.29. The van der Waals surface area contributed by atoms with E-state index in [9.17, 15) is 22.5 Å². The summed E-state index contributed by atoms with van der Waals surface area (Å²) in [4.78, 5) is 30.4. The maximum atomic E-state index is 15.4. The number of halogens is 4. The monoisotopic (exact) mass is 807 g/mol. The summed E-state index contributed by atoms with van der Waals surface area (Å²) in [6.07, 6.45) is -5.10. The molecule has 6 rings (SSSR count). The van der Waals surface area contributed by atoms with Crippen LogP contribution >= 0.6 is 11.6 Å². The molecular formula is C41H37ClF3N3O7S. The molecule has 1 heterocycles. The molecule has 1 aliphatic heterocycles. The Bertz CT molecular complexity index is 2190. The number of methoxy groups -OCH3 is 2. The van der Waals surface area contributed by atoms with Gasteiger partial charge in [-0.1, -0.05) is 72.3 Å². The minimum Gasteiger partial charge on any atom is -0.587 e. The maximum Gasteiger partial charge on any atom is 0.573 e. The minimum absolute atomic E-state index is 0.00389. The molecule has 292 valence electrons. The van der Waals surface area contributed by atoms with Crippen LogP contribution in [0.4, 0.5) is 18.9 Å². The summed E-state index contributed by atoms with van der Waals surface area (Å²) in [6.45, 7) is 0.354. The first kappa shape index (κ1) is 40.3. The molecule has 3 atom stereocenters. The second kappa shape index (κ2) is 16.8. The average Bonchev–Trinajstić information content (AvgIpc) is 3.42. The largest absolute Gasteiger partial charge is 0.587 e. The van der Waals surface area contributed by atoms with Crippen LogP contribution in [0.3, 0.4) is 0 Å². The van der Waals surface area contributed by atoms with Crippen molar-refractivity contribution in [2.75, 3.05) is 32.6 Å². The number of carbonyl (C=O) groups excluding carboxylic acids is 2. The van der Waals surface area contributed by atoms with Gasteiger partial charge < -0.3 is 28.4 Å². The molecule has 5 aromatic rings. The molecular weight excluding hydrogens is 771 g/mol. The third-order valence-corrected chi connectivity index (χ3v) is 10.7. The van der Waals surface area contributed by atoms with E-state index in [2.05, 4.69) is 10.1 Å². The molecule has 1 N–H and O–H groups in total. The zero-order valence-electron chi connectivity index (χ0n) is 30.6. The van der Waals surface area contributed by atoms with Gasteiger partial charge in [0.1, 0.15) is 40.9 Å². The lowest BCUT2D eigenvalue weighted by molar-refractivity contribution is -0.275. The molecule has 1 aliphatic rings. The number of hydrogen-bond acceptors (Lipinski definition) is 8. The van der Waals surface area contributed by atoms with Crippen molar-refractivity contribution in [3.05, 3.63) is 143 Å². The van der Waals surface area contributed by atoms with Gasteiger partial charge >= 0.3 is 6.36 Å². The molecule has 15 heteroatoms. The van der Waals surface area contributed by atoms with Crippen LogP contribution in [0.1, 0.15) is 22.3 Å². The Morgan fingerprint density at radius 1 is 0.857 bits per heavy atom. The van der Waals surface area contributed by atoms with E-state index in [-0.39, 0.29) is 39.8 Å². The number of hydrogen-bond donors (Lipinski definition) is 1. The van der Waals surface area contributed by atoms with E-state index < -0.39 is 51.8 Å². The highest BCUT2D eigenvalue weighted by atomic mass is 35.5. The molecule has 0 saturated carbocycles. The number of nitrogens with one attached hydrogen (secondary N) is 1. The Labute approximate surface area is 330 Å². The minimum atomic E-state index is -5.17. The number of carbonyl (C=O) groups is 2. The van der Waals surface area contributed by atoms with Crippen molar-refractivity contribution in [3.63, 3.8) is 0 Å². The predicted octanol–water partition coefficient (Wildman–Crippen LogP) is 7.44. The smallest absolute Gasteiger partial charge is 0.573 e. The Kier molecular flexibility index (Phi) is 12.0. The number of fused-ring (bicyclic) bond motifs is 1. The Morgan fingerprint density at radius 2 is 1.54 bits per heavy atom. The van der Waals surface area contributed by atoms with Crippen LogP contribution in [-0.4, -0.2) is 62.0 Å². The Hall–Kier alpha value is -5.41. The Balaban J connectivity index is 1.46. The van der Waals surface area contributed by atoms with Crippen molar-refractivity contribution in [3.8, 4) is 23.0 Å². The van der Waals surface area contributed by atoms with Crippen molar-refractivity contribution >= 4 is 40.5 Å². The zero-order chi connectivity index (χ0) is 40.2. The van der Waals surface area contributed by atoms with Crippen LogP contribution in [0.5, 0.6) is 23.0 Å². The van der Waals surface area contributed by atoms with E-state index >= 15 is 4.79 Å². The normalized spacial score (nSPS) is 16.2. The summed E-state index contributed by atoms with van der Waals surface area (Å²) in [5.41, 5.74) is 0.158. The van der Waals surface area contributed by atoms with E-state index in [0.29, 0.717) is 17.9 Å². The third-order valence-electron chi connectivity index (χ3n) is 9.07. The highest BCUT2D eigenvalue weighted by molar-refractivity contribution is 7.93. The molecule has 10 nitrogen and oxygen atoms in total. The van der Waals surface area contributed by atoms with Gasteiger partial charge in [0.25, 0.3) is 5.91 Å². The fourth-order valence-electron chi connectivity index (χ4n) is 6.49. The van der Waals surface area contributed by atoms with Crippen LogP contribution in [-0.2, 0) is 39.5 Å². The Morgan fingerprint density at radius 3 is 2.20 bits per heavy atom. The number of nitrogens with zero attached hydrogens (tertiary/aromatic N) is 2.